The van der Waals surface area contributed by atoms with Crippen LogP contribution >= 0.6 is 15.9 Å². The molecule has 0 bridgehead atoms. The number of rotatable bonds is 2. The molecule has 0 aliphatic carbocycles. The number of benzene rings is 1. The van der Waals surface area contributed by atoms with Crippen molar-refractivity contribution >= 4 is 15.9 Å². The van der Waals surface area contributed by atoms with Crippen molar-refractivity contribution in [3.8, 4) is 5.69 Å². The summed E-state index contributed by atoms with van der Waals surface area (Å²) >= 11 is 3.36. The largest absolute Gasteiger partial charge is 0.326 e. The van der Waals surface area contributed by atoms with Gasteiger partial charge in [-0.3, -0.25) is 0 Å². The molecule has 3 nitrogen and oxygen atoms in total. The van der Waals surface area contributed by atoms with Gasteiger partial charge >= 0.3 is 0 Å². The number of hydrogen-bond acceptors (Lipinski definition) is 2. The number of aromatic nitrogens is 2. The lowest BCUT2D eigenvalue weighted by Gasteiger charge is -2.02. The van der Waals surface area contributed by atoms with E-state index in [-0.39, 0.29) is 0 Å². The molecule has 2 aromatic rings. The number of hydrogen-bond donors (Lipinski definition) is 1. The fourth-order valence-electron chi connectivity index (χ4n) is 1.27. The smallest absolute Gasteiger partial charge is 0.0649 e. The normalized spacial score (nSPS) is 10.4. The molecule has 0 aliphatic heterocycles. The minimum atomic E-state index is 0.552. The second-order valence-corrected chi connectivity index (χ2v) is 3.89. The van der Waals surface area contributed by atoms with Gasteiger partial charge < -0.3 is 5.73 Å². The summed E-state index contributed by atoms with van der Waals surface area (Å²) in [5.74, 6) is 0. The second-order valence-electron chi connectivity index (χ2n) is 2.98. The van der Waals surface area contributed by atoms with Crippen LogP contribution < -0.4 is 5.73 Å². The predicted molar refractivity (Wildman–Crippen MR) is 59.2 cm³/mol. The Labute approximate surface area is 90.7 Å². The van der Waals surface area contributed by atoms with Crippen LogP contribution in [0.3, 0.4) is 0 Å². The first-order valence-electron chi connectivity index (χ1n) is 4.29. The van der Waals surface area contributed by atoms with Crippen molar-refractivity contribution < 1.29 is 0 Å². The Bertz CT molecular complexity index is 436. The topological polar surface area (TPSA) is 43.8 Å². The zero-order valence-corrected chi connectivity index (χ0v) is 9.11. The Morgan fingerprint density at radius 2 is 2.29 bits per heavy atom. The Hall–Kier alpha value is -1.13. The third kappa shape index (κ3) is 1.86. The monoisotopic (exact) mass is 251 g/mol. The summed E-state index contributed by atoms with van der Waals surface area (Å²) < 4.78 is 2.78. The molecule has 1 heterocycles. The molecule has 0 saturated heterocycles. The maximum Gasteiger partial charge on any atom is 0.0649 e. The van der Waals surface area contributed by atoms with Crippen LogP contribution in [0.2, 0.25) is 0 Å². The van der Waals surface area contributed by atoms with Crippen LogP contribution in [0.15, 0.2) is 41.1 Å². The molecule has 1 aromatic heterocycles. The molecule has 1 aromatic carbocycles. The third-order valence-corrected chi connectivity index (χ3v) is 2.37. The van der Waals surface area contributed by atoms with Crippen molar-refractivity contribution in [3.63, 3.8) is 0 Å². The van der Waals surface area contributed by atoms with Gasteiger partial charge in [-0.1, -0.05) is 12.1 Å². The maximum atomic E-state index is 5.56. The zero-order chi connectivity index (χ0) is 9.97. The summed E-state index contributed by atoms with van der Waals surface area (Å²) in [6.07, 6.45) is 3.67. The van der Waals surface area contributed by atoms with E-state index >= 15 is 0 Å². The van der Waals surface area contributed by atoms with Crippen molar-refractivity contribution in [2.75, 3.05) is 0 Å². The van der Waals surface area contributed by atoms with Gasteiger partial charge in [-0.2, -0.15) is 5.10 Å². The molecule has 0 fully saturated rings. The molecule has 2 rings (SSSR count). The average Bonchev–Trinajstić information content (AvgIpc) is 2.65. The Morgan fingerprint density at radius 3 is 2.93 bits per heavy atom. The molecular weight excluding hydrogens is 242 g/mol. The van der Waals surface area contributed by atoms with Crippen molar-refractivity contribution in [3.05, 3.63) is 46.7 Å². The molecule has 4 heteroatoms. The van der Waals surface area contributed by atoms with Gasteiger partial charge in [-0.05, 0) is 33.6 Å². The average molecular weight is 252 g/mol. The van der Waals surface area contributed by atoms with Gasteiger partial charge in [-0.15, -0.1) is 0 Å². The third-order valence-electron chi connectivity index (χ3n) is 1.96. The highest BCUT2D eigenvalue weighted by Gasteiger charge is 1.99. The van der Waals surface area contributed by atoms with Gasteiger partial charge in [0.15, 0.2) is 0 Å². The molecule has 0 atom stereocenters. The van der Waals surface area contributed by atoms with E-state index in [1.165, 1.54) is 0 Å². The van der Waals surface area contributed by atoms with Gasteiger partial charge in [-0.25, -0.2) is 4.68 Å². The van der Waals surface area contributed by atoms with Crippen molar-refractivity contribution in [1.82, 2.24) is 9.78 Å². The summed E-state index contributed by atoms with van der Waals surface area (Å²) in [6.45, 7) is 0.552. The van der Waals surface area contributed by atoms with E-state index < -0.39 is 0 Å². The number of halogens is 1. The van der Waals surface area contributed by atoms with Crippen LogP contribution in [-0.4, -0.2) is 9.78 Å². The molecule has 72 valence electrons. The quantitative estimate of drug-likeness (QED) is 0.889. The Kier molecular flexibility index (Phi) is 2.65. The van der Waals surface area contributed by atoms with E-state index in [4.69, 9.17) is 5.73 Å². The van der Waals surface area contributed by atoms with Gasteiger partial charge in [0.2, 0.25) is 0 Å². The van der Waals surface area contributed by atoms with Crippen molar-refractivity contribution in [1.29, 1.82) is 0 Å². The summed E-state index contributed by atoms with van der Waals surface area (Å²) in [4.78, 5) is 0. The van der Waals surface area contributed by atoms with Crippen LogP contribution in [-0.2, 0) is 6.54 Å². The van der Waals surface area contributed by atoms with Crippen LogP contribution in [0.1, 0.15) is 5.56 Å². The van der Waals surface area contributed by atoms with E-state index in [0.29, 0.717) is 6.54 Å². The van der Waals surface area contributed by atoms with Gasteiger partial charge in [0.25, 0.3) is 0 Å². The molecule has 14 heavy (non-hydrogen) atoms. The van der Waals surface area contributed by atoms with E-state index in [1.807, 2.05) is 35.1 Å². The summed E-state index contributed by atoms with van der Waals surface area (Å²) in [5, 5.41) is 4.19. The molecule has 0 amide bonds. The minimum absolute atomic E-state index is 0.552. The Morgan fingerprint density at radius 1 is 1.43 bits per heavy atom. The number of nitrogens with two attached hydrogens (primary N) is 1. The second kappa shape index (κ2) is 3.94. The highest BCUT2D eigenvalue weighted by Crippen LogP contribution is 2.13. The fourth-order valence-corrected chi connectivity index (χ4v) is 1.55. The molecule has 0 saturated carbocycles. The van der Waals surface area contributed by atoms with Crippen LogP contribution in [0, 0.1) is 0 Å². The lowest BCUT2D eigenvalue weighted by molar-refractivity contribution is 0.876. The predicted octanol–water partition coefficient (Wildman–Crippen LogP) is 2.09. The fraction of sp³-hybridized carbons (Fsp3) is 0.100. The van der Waals surface area contributed by atoms with E-state index in [2.05, 4.69) is 21.0 Å². The van der Waals surface area contributed by atoms with Gasteiger partial charge in [0, 0.05) is 12.7 Å². The lowest BCUT2D eigenvalue weighted by atomic mass is 10.2. The first kappa shape index (κ1) is 9.43. The van der Waals surface area contributed by atoms with Crippen LogP contribution in [0.25, 0.3) is 5.69 Å². The van der Waals surface area contributed by atoms with Crippen LogP contribution in [0.4, 0.5) is 0 Å². The molecule has 0 unspecified atom stereocenters. The maximum absolute atomic E-state index is 5.56. The first-order chi connectivity index (χ1) is 6.79. The van der Waals surface area contributed by atoms with Crippen LogP contribution in [0.5, 0.6) is 0 Å². The molecular formula is C10H10BrN3. The van der Waals surface area contributed by atoms with Crippen molar-refractivity contribution in [2.45, 2.75) is 6.54 Å². The standard InChI is InChI=1S/C10H10BrN3/c11-9-6-13-14(7-9)10-3-1-2-8(4-10)5-12/h1-4,6-7H,5,12H2. The molecule has 2 N–H and O–H groups in total. The summed E-state index contributed by atoms with van der Waals surface area (Å²) in [5.41, 5.74) is 7.70. The van der Waals surface area contributed by atoms with Gasteiger partial charge in [0.05, 0.1) is 16.4 Å². The SMILES string of the molecule is NCc1cccc(-n2cc(Br)cn2)c1. The molecule has 0 radical (unpaired) electrons. The first-order valence-corrected chi connectivity index (χ1v) is 5.08. The number of nitrogens with zero attached hydrogens (tertiary/aromatic N) is 2. The highest BCUT2D eigenvalue weighted by atomic mass is 79.9. The zero-order valence-electron chi connectivity index (χ0n) is 7.52. The van der Waals surface area contributed by atoms with E-state index in [1.54, 1.807) is 6.20 Å². The minimum Gasteiger partial charge on any atom is -0.326 e. The van der Waals surface area contributed by atoms with Gasteiger partial charge in [0.1, 0.15) is 0 Å². The molecule has 0 spiro atoms. The summed E-state index contributed by atoms with van der Waals surface area (Å²) in [6, 6.07) is 8.01. The molecule has 0 aliphatic rings. The Balaban J connectivity index is 2.41. The van der Waals surface area contributed by atoms with E-state index in [0.717, 1.165) is 15.7 Å². The lowest BCUT2D eigenvalue weighted by Crippen LogP contribution is -1.99. The van der Waals surface area contributed by atoms with E-state index in [9.17, 15) is 0 Å². The van der Waals surface area contributed by atoms with Crippen molar-refractivity contribution in [2.24, 2.45) is 5.73 Å². The highest BCUT2D eigenvalue weighted by molar-refractivity contribution is 9.10. The summed E-state index contributed by atoms with van der Waals surface area (Å²) in [7, 11) is 0.